The van der Waals surface area contributed by atoms with Crippen LogP contribution in [0.4, 0.5) is 4.39 Å². The van der Waals surface area contributed by atoms with Crippen LogP contribution in [0, 0.1) is 5.82 Å². The molecule has 1 aliphatic heterocycles. The van der Waals surface area contributed by atoms with Crippen LogP contribution in [0.15, 0.2) is 24.4 Å². The van der Waals surface area contributed by atoms with Crippen LogP contribution < -0.4 is 0 Å². The first-order valence-electron chi connectivity index (χ1n) is 9.15. The molecule has 3 heterocycles. The van der Waals surface area contributed by atoms with Gasteiger partial charge in [0.05, 0.1) is 28.8 Å². The van der Waals surface area contributed by atoms with Crippen molar-refractivity contribution in [3.05, 3.63) is 47.3 Å². The highest BCUT2D eigenvalue weighted by Gasteiger charge is 2.32. The molecule has 6 nitrogen and oxygen atoms in total. The third-order valence-corrected chi connectivity index (χ3v) is 4.99. The number of fused-ring (bicyclic) bond motifs is 1. The Morgan fingerprint density at radius 2 is 2.27 bits per heavy atom. The molecule has 7 heteroatoms. The number of benzene rings is 1. The van der Waals surface area contributed by atoms with E-state index in [1.807, 2.05) is 4.90 Å². The zero-order chi connectivity index (χ0) is 18.1. The molecule has 2 aromatic heterocycles. The lowest BCUT2D eigenvalue weighted by Gasteiger charge is -2.34. The molecule has 1 fully saturated rings. The number of nitrogens with one attached hydrogen (secondary N) is 2. The van der Waals surface area contributed by atoms with E-state index in [1.54, 1.807) is 12.3 Å². The molecular weight excluding hydrogens is 333 g/mol. The second-order valence-corrected chi connectivity index (χ2v) is 6.81. The maximum Gasteiger partial charge on any atom is 0.257 e. The molecule has 3 aromatic rings. The highest BCUT2D eigenvalue weighted by atomic mass is 19.1. The minimum atomic E-state index is -0.299. The Labute approximate surface area is 150 Å². The number of rotatable bonds is 4. The standard InChI is InChI=1S/C19H22FN5O/c1-2-5-14-13(11-21-24-14)19(26)25-9-4-3-6-17(25)18-22-15-8-7-12(20)10-16(15)23-18/h7-8,10-11,17H,2-6,9H2,1H3,(H,21,24)(H,22,23)/t17-/m1/s1. The minimum absolute atomic E-state index is 0.0152. The van der Waals surface area contributed by atoms with Crippen LogP contribution in [0.1, 0.15) is 60.5 Å². The lowest BCUT2D eigenvalue weighted by molar-refractivity contribution is 0.0600. The Hall–Kier alpha value is -2.70. The molecule has 136 valence electrons. The lowest BCUT2D eigenvalue weighted by Crippen LogP contribution is -2.39. The van der Waals surface area contributed by atoms with Gasteiger partial charge in [-0.25, -0.2) is 9.37 Å². The third kappa shape index (κ3) is 2.98. The summed E-state index contributed by atoms with van der Waals surface area (Å²) in [5, 5.41) is 7.01. The van der Waals surface area contributed by atoms with E-state index in [9.17, 15) is 9.18 Å². The lowest BCUT2D eigenvalue weighted by atomic mass is 10.00. The van der Waals surface area contributed by atoms with Gasteiger partial charge in [-0.1, -0.05) is 13.3 Å². The van der Waals surface area contributed by atoms with Gasteiger partial charge in [0, 0.05) is 12.2 Å². The number of hydrogen-bond acceptors (Lipinski definition) is 3. The Kier molecular flexibility index (Phi) is 4.44. The van der Waals surface area contributed by atoms with E-state index in [0.717, 1.165) is 43.6 Å². The van der Waals surface area contributed by atoms with Crippen LogP contribution >= 0.6 is 0 Å². The van der Waals surface area contributed by atoms with Crippen molar-refractivity contribution >= 4 is 16.9 Å². The number of H-pyrrole nitrogens is 2. The van der Waals surface area contributed by atoms with Gasteiger partial charge < -0.3 is 9.88 Å². The summed E-state index contributed by atoms with van der Waals surface area (Å²) in [7, 11) is 0. The number of imidazole rings is 1. The number of piperidine rings is 1. The summed E-state index contributed by atoms with van der Waals surface area (Å²) in [5.74, 6) is 0.407. The number of amides is 1. The first kappa shape index (κ1) is 16.8. The number of carbonyl (C=O) groups is 1. The number of aromatic nitrogens is 4. The van der Waals surface area contributed by atoms with Gasteiger partial charge in [0.1, 0.15) is 11.6 Å². The van der Waals surface area contributed by atoms with Gasteiger partial charge in [0.25, 0.3) is 5.91 Å². The average Bonchev–Trinajstić information content (AvgIpc) is 3.28. The first-order chi connectivity index (χ1) is 12.7. The smallest absolute Gasteiger partial charge is 0.257 e. The molecule has 1 saturated heterocycles. The maximum absolute atomic E-state index is 13.5. The SMILES string of the molecule is CCCc1[nH]ncc1C(=O)N1CCCC[C@@H]1c1nc2ccc(F)cc2[nH]1. The number of nitrogens with zero attached hydrogens (tertiary/aromatic N) is 3. The molecule has 26 heavy (non-hydrogen) atoms. The molecule has 1 atom stereocenters. The molecule has 1 aromatic carbocycles. The van der Waals surface area contributed by atoms with Gasteiger partial charge >= 0.3 is 0 Å². The van der Waals surface area contributed by atoms with Crippen molar-refractivity contribution in [2.45, 2.75) is 45.1 Å². The van der Waals surface area contributed by atoms with E-state index >= 15 is 0 Å². The highest BCUT2D eigenvalue weighted by molar-refractivity contribution is 5.95. The summed E-state index contributed by atoms with van der Waals surface area (Å²) in [5.41, 5.74) is 2.90. The highest BCUT2D eigenvalue weighted by Crippen LogP contribution is 2.32. The number of halogens is 1. The van der Waals surface area contributed by atoms with Crippen molar-refractivity contribution in [3.8, 4) is 0 Å². The van der Waals surface area contributed by atoms with Gasteiger partial charge in [-0.15, -0.1) is 0 Å². The fourth-order valence-corrected chi connectivity index (χ4v) is 3.71. The van der Waals surface area contributed by atoms with Crippen LogP contribution in [0.2, 0.25) is 0 Å². The molecule has 0 aliphatic carbocycles. The second-order valence-electron chi connectivity index (χ2n) is 6.81. The summed E-state index contributed by atoms with van der Waals surface area (Å²) < 4.78 is 13.5. The summed E-state index contributed by atoms with van der Waals surface area (Å²) in [6, 6.07) is 4.38. The van der Waals surface area contributed by atoms with E-state index in [4.69, 9.17) is 0 Å². The topological polar surface area (TPSA) is 77.7 Å². The van der Waals surface area contributed by atoms with Gasteiger partial charge in [0.15, 0.2) is 0 Å². The molecule has 4 rings (SSSR count). The molecule has 0 saturated carbocycles. The van der Waals surface area contributed by atoms with Crippen molar-refractivity contribution in [2.75, 3.05) is 6.54 Å². The van der Waals surface area contributed by atoms with E-state index < -0.39 is 0 Å². The quantitative estimate of drug-likeness (QED) is 0.748. The molecule has 0 spiro atoms. The van der Waals surface area contributed by atoms with Crippen molar-refractivity contribution in [1.82, 2.24) is 25.1 Å². The minimum Gasteiger partial charge on any atom is -0.340 e. The summed E-state index contributed by atoms with van der Waals surface area (Å²) in [4.78, 5) is 22.9. The molecule has 0 radical (unpaired) electrons. The zero-order valence-electron chi connectivity index (χ0n) is 14.8. The van der Waals surface area contributed by atoms with Gasteiger partial charge in [0.2, 0.25) is 0 Å². The predicted octanol–water partition coefficient (Wildman–Crippen LogP) is 3.75. The van der Waals surface area contributed by atoms with E-state index in [2.05, 4.69) is 27.1 Å². The van der Waals surface area contributed by atoms with E-state index in [1.165, 1.54) is 12.1 Å². The van der Waals surface area contributed by atoms with Crippen molar-refractivity contribution in [1.29, 1.82) is 0 Å². The molecule has 0 bridgehead atoms. The van der Waals surface area contributed by atoms with Gasteiger partial charge in [-0.05, 0) is 43.9 Å². The number of aryl methyl sites for hydroxylation is 1. The van der Waals surface area contributed by atoms with Crippen molar-refractivity contribution in [2.24, 2.45) is 0 Å². The molecule has 1 aliphatic rings. The third-order valence-electron chi connectivity index (χ3n) is 4.99. The summed E-state index contributed by atoms with van der Waals surface area (Å²) in [6.07, 6.45) is 6.21. The number of aromatic amines is 2. The van der Waals surface area contributed by atoms with Crippen LogP contribution in [0.5, 0.6) is 0 Å². The fraction of sp³-hybridized carbons (Fsp3) is 0.421. The fourth-order valence-electron chi connectivity index (χ4n) is 3.71. The zero-order valence-corrected chi connectivity index (χ0v) is 14.8. The molecule has 0 unspecified atom stereocenters. The normalized spacial score (nSPS) is 17.8. The Morgan fingerprint density at radius 1 is 1.38 bits per heavy atom. The van der Waals surface area contributed by atoms with E-state index in [0.29, 0.717) is 23.1 Å². The van der Waals surface area contributed by atoms with Crippen molar-refractivity contribution < 1.29 is 9.18 Å². The predicted molar refractivity (Wildman–Crippen MR) is 96.3 cm³/mol. The van der Waals surface area contributed by atoms with Crippen LogP contribution in [-0.2, 0) is 6.42 Å². The Morgan fingerprint density at radius 3 is 3.12 bits per heavy atom. The number of likely N-dealkylation sites (tertiary alicyclic amines) is 1. The van der Waals surface area contributed by atoms with Gasteiger partial charge in [-0.3, -0.25) is 9.89 Å². The Balaban J connectivity index is 1.67. The van der Waals surface area contributed by atoms with Crippen LogP contribution in [-0.4, -0.2) is 37.5 Å². The largest absolute Gasteiger partial charge is 0.340 e. The van der Waals surface area contributed by atoms with E-state index in [-0.39, 0.29) is 17.8 Å². The van der Waals surface area contributed by atoms with Crippen molar-refractivity contribution in [3.63, 3.8) is 0 Å². The average molecular weight is 355 g/mol. The number of carbonyl (C=O) groups excluding carboxylic acids is 1. The van der Waals surface area contributed by atoms with Crippen LogP contribution in [0.25, 0.3) is 11.0 Å². The monoisotopic (exact) mass is 355 g/mol. The molecule has 2 N–H and O–H groups in total. The van der Waals surface area contributed by atoms with Crippen LogP contribution in [0.3, 0.4) is 0 Å². The number of hydrogen-bond donors (Lipinski definition) is 2. The summed E-state index contributed by atoms with van der Waals surface area (Å²) >= 11 is 0. The maximum atomic E-state index is 13.5. The molecular formula is C19H22FN5O. The molecule has 1 amide bonds. The summed E-state index contributed by atoms with van der Waals surface area (Å²) in [6.45, 7) is 2.76. The first-order valence-corrected chi connectivity index (χ1v) is 9.15. The second kappa shape index (κ2) is 6.90. The Bertz CT molecular complexity index is 931. The van der Waals surface area contributed by atoms with Gasteiger partial charge in [-0.2, -0.15) is 5.10 Å².